The highest BCUT2D eigenvalue weighted by atomic mass is 16.5. The molecule has 0 aliphatic heterocycles. The van der Waals surface area contributed by atoms with Crippen molar-refractivity contribution in [3.63, 3.8) is 0 Å². The van der Waals surface area contributed by atoms with E-state index in [2.05, 4.69) is 33.8 Å². The van der Waals surface area contributed by atoms with Crippen LogP contribution in [-0.2, 0) is 19.1 Å². The quantitative estimate of drug-likeness (QED) is 0.157. The van der Waals surface area contributed by atoms with Crippen molar-refractivity contribution in [1.82, 2.24) is 0 Å². The Kier molecular flexibility index (Phi) is 17.7. The normalized spacial score (nSPS) is 11.2. The van der Waals surface area contributed by atoms with E-state index in [0.717, 1.165) is 64.2 Å². The number of hydrogen-bond acceptors (Lipinski definition) is 4. The van der Waals surface area contributed by atoms with Gasteiger partial charge in [-0.15, -0.1) is 0 Å². The molecule has 0 rings (SSSR count). The van der Waals surface area contributed by atoms with Gasteiger partial charge >= 0.3 is 11.9 Å². The molecule has 0 fully saturated rings. The molecule has 0 saturated carbocycles. The van der Waals surface area contributed by atoms with Gasteiger partial charge in [0.25, 0.3) is 0 Å². The maximum absolute atomic E-state index is 11.7. The molecule has 0 saturated heterocycles. The first kappa shape index (κ1) is 26.4. The van der Waals surface area contributed by atoms with Crippen LogP contribution < -0.4 is 0 Å². The van der Waals surface area contributed by atoms with E-state index in [1.165, 1.54) is 11.1 Å². The Bertz CT molecular complexity index is 473. The lowest BCUT2D eigenvalue weighted by Crippen LogP contribution is -2.05. The van der Waals surface area contributed by atoms with Crippen LogP contribution in [0.3, 0.4) is 0 Å². The van der Waals surface area contributed by atoms with E-state index in [1.54, 1.807) is 0 Å². The molecule has 0 aromatic rings. The number of esters is 2. The van der Waals surface area contributed by atoms with E-state index < -0.39 is 0 Å². The fourth-order valence-electron chi connectivity index (χ4n) is 2.69. The summed E-state index contributed by atoms with van der Waals surface area (Å²) in [4.78, 5) is 23.2. The molecular formula is C24H42O4. The summed E-state index contributed by atoms with van der Waals surface area (Å²) in [7, 11) is 0. The van der Waals surface area contributed by atoms with Gasteiger partial charge in [-0.1, -0.05) is 56.3 Å². The lowest BCUT2D eigenvalue weighted by molar-refractivity contribution is -0.144. The predicted molar refractivity (Wildman–Crippen MR) is 116 cm³/mol. The summed E-state index contributed by atoms with van der Waals surface area (Å²) in [6.07, 6.45) is 15.3. The minimum absolute atomic E-state index is 0.0718. The summed E-state index contributed by atoms with van der Waals surface area (Å²) < 4.78 is 10.4. The maximum Gasteiger partial charge on any atom is 0.306 e. The number of unbranched alkanes of at least 4 members (excludes halogenated alkanes) is 6. The highest BCUT2D eigenvalue weighted by molar-refractivity contribution is 5.69. The lowest BCUT2D eigenvalue weighted by Gasteiger charge is -2.05. The van der Waals surface area contributed by atoms with Crippen molar-refractivity contribution < 1.29 is 19.1 Å². The molecule has 0 radical (unpaired) electrons. The molecule has 0 aliphatic rings. The summed E-state index contributed by atoms with van der Waals surface area (Å²) in [5, 5.41) is 0. The largest absolute Gasteiger partial charge is 0.466 e. The third-order valence-corrected chi connectivity index (χ3v) is 4.54. The van der Waals surface area contributed by atoms with Gasteiger partial charge in [-0.05, 0) is 59.0 Å². The van der Waals surface area contributed by atoms with Crippen LogP contribution in [0.5, 0.6) is 0 Å². The Morgan fingerprint density at radius 2 is 1.29 bits per heavy atom. The van der Waals surface area contributed by atoms with Crippen molar-refractivity contribution in [2.75, 3.05) is 13.2 Å². The average molecular weight is 395 g/mol. The molecular weight excluding hydrogens is 352 g/mol. The van der Waals surface area contributed by atoms with Gasteiger partial charge in [0.15, 0.2) is 0 Å². The van der Waals surface area contributed by atoms with Crippen molar-refractivity contribution >= 4 is 11.9 Å². The van der Waals surface area contributed by atoms with Crippen LogP contribution in [0.25, 0.3) is 0 Å². The standard InChI is InChI=1S/C24H42O4/c1-5-6-19-27-23(25)16-11-9-7-8-10-12-17-24(26)28-20-18-22(4)15-13-14-21(2)3/h14,18H,5-13,15-17,19-20H2,1-4H3/b22-18+. The molecule has 0 aliphatic carbocycles. The second-order valence-electron chi connectivity index (χ2n) is 7.75. The minimum atomic E-state index is -0.108. The van der Waals surface area contributed by atoms with E-state index in [0.29, 0.717) is 26.1 Å². The summed E-state index contributed by atoms with van der Waals surface area (Å²) in [6.45, 7) is 9.31. The van der Waals surface area contributed by atoms with Gasteiger partial charge in [0, 0.05) is 12.8 Å². The van der Waals surface area contributed by atoms with Crippen LogP contribution in [0.2, 0.25) is 0 Å². The van der Waals surface area contributed by atoms with E-state index in [9.17, 15) is 9.59 Å². The van der Waals surface area contributed by atoms with Crippen LogP contribution in [0, 0.1) is 0 Å². The van der Waals surface area contributed by atoms with Crippen molar-refractivity contribution in [3.8, 4) is 0 Å². The van der Waals surface area contributed by atoms with Crippen LogP contribution >= 0.6 is 0 Å². The zero-order valence-corrected chi connectivity index (χ0v) is 18.7. The van der Waals surface area contributed by atoms with Crippen molar-refractivity contribution in [2.24, 2.45) is 0 Å². The molecule has 0 heterocycles. The molecule has 4 nitrogen and oxygen atoms in total. The molecule has 28 heavy (non-hydrogen) atoms. The van der Waals surface area contributed by atoms with Gasteiger partial charge in [-0.2, -0.15) is 0 Å². The topological polar surface area (TPSA) is 52.6 Å². The predicted octanol–water partition coefficient (Wildman–Crippen LogP) is 6.69. The number of ether oxygens (including phenoxy) is 2. The molecule has 0 bridgehead atoms. The molecule has 0 unspecified atom stereocenters. The third-order valence-electron chi connectivity index (χ3n) is 4.54. The maximum atomic E-state index is 11.7. The molecule has 4 heteroatoms. The number of allylic oxidation sites excluding steroid dienone is 3. The van der Waals surface area contributed by atoms with Gasteiger partial charge in [0.2, 0.25) is 0 Å². The number of carbonyl (C=O) groups is 2. The average Bonchev–Trinajstić information content (AvgIpc) is 2.63. The Morgan fingerprint density at radius 3 is 1.86 bits per heavy atom. The van der Waals surface area contributed by atoms with Crippen molar-refractivity contribution in [1.29, 1.82) is 0 Å². The molecule has 0 amide bonds. The monoisotopic (exact) mass is 394 g/mol. The first-order chi connectivity index (χ1) is 13.5. The number of hydrogen-bond donors (Lipinski definition) is 0. The minimum Gasteiger partial charge on any atom is -0.466 e. The highest BCUT2D eigenvalue weighted by Gasteiger charge is 2.03. The van der Waals surface area contributed by atoms with Crippen LogP contribution in [0.1, 0.15) is 105 Å². The summed E-state index contributed by atoms with van der Waals surface area (Å²) >= 11 is 0. The summed E-state index contributed by atoms with van der Waals surface area (Å²) in [6, 6.07) is 0. The molecule has 0 aromatic carbocycles. The van der Waals surface area contributed by atoms with E-state index in [1.807, 2.05) is 6.08 Å². The second kappa shape index (κ2) is 18.8. The van der Waals surface area contributed by atoms with Gasteiger partial charge < -0.3 is 9.47 Å². The molecule has 0 aromatic heterocycles. The molecule has 0 atom stereocenters. The molecule has 0 N–H and O–H groups in total. The first-order valence-electron chi connectivity index (χ1n) is 11.1. The zero-order chi connectivity index (χ0) is 21.0. The Balaban J connectivity index is 3.50. The smallest absolute Gasteiger partial charge is 0.306 e. The van der Waals surface area contributed by atoms with Crippen molar-refractivity contribution in [2.45, 2.75) is 105 Å². The SMILES string of the molecule is CCCCOC(=O)CCCCCCCCC(=O)OC/C=C(\C)CCC=C(C)C. The number of carbonyl (C=O) groups excluding carboxylic acids is 2. The van der Waals surface area contributed by atoms with Gasteiger partial charge in [-0.25, -0.2) is 0 Å². The van der Waals surface area contributed by atoms with Crippen molar-refractivity contribution in [3.05, 3.63) is 23.3 Å². The zero-order valence-electron chi connectivity index (χ0n) is 18.7. The molecule has 0 spiro atoms. The van der Waals surface area contributed by atoms with E-state index >= 15 is 0 Å². The number of rotatable bonds is 17. The Morgan fingerprint density at radius 1 is 0.714 bits per heavy atom. The second-order valence-corrected chi connectivity index (χ2v) is 7.75. The summed E-state index contributed by atoms with van der Waals surface area (Å²) in [5.41, 5.74) is 2.60. The Hall–Kier alpha value is -1.58. The fourth-order valence-corrected chi connectivity index (χ4v) is 2.69. The van der Waals surface area contributed by atoms with Gasteiger partial charge in [-0.3, -0.25) is 9.59 Å². The van der Waals surface area contributed by atoms with Crippen LogP contribution in [0.4, 0.5) is 0 Å². The van der Waals surface area contributed by atoms with E-state index in [-0.39, 0.29) is 11.9 Å². The lowest BCUT2D eigenvalue weighted by atomic mass is 10.1. The van der Waals surface area contributed by atoms with Gasteiger partial charge in [0.05, 0.1) is 6.61 Å². The highest BCUT2D eigenvalue weighted by Crippen LogP contribution is 2.10. The van der Waals surface area contributed by atoms with E-state index in [4.69, 9.17) is 9.47 Å². The van der Waals surface area contributed by atoms with Crippen LogP contribution in [-0.4, -0.2) is 25.2 Å². The molecule has 162 valence electrons. The Labute approximate surface area is 172 Å². The summed E-state index contributed by atoms with van der Waals surface area (Å²) in [5.74, 6) is -0.180. The fraction of sp³-hybridized carbons (Fsp3) is 0.750. The first-order valence-corrected chi connectivity index (χ1v) is 11.1. The van der Waals surface area contributed by atoms with Gasteiger partial charge in [0.1, 0.15) is 6.61 Å². The van der Waals surface area contributed by atoms with Crippen LogP contribution in [0.15, 0.2) is 23.3 Å². The third kappa shape index (κ3) is 19.2.